The molecule has 0 spiro atoms. The van der Waals surface area contributed by atoms with E-state index in [4.69, 9.17) is 7.26 Å². The zero-order valence-electron chi connectivity index (χ0n) is 5.42. The van der Waals surface area contributed by atoms with E-state index in [0.717, 1.165) is 39.0 Å². The van der Waals surface area contributed by atoms with Crippen molar-refractivity contribution in [3.05, 3.63) is 0 Å². The lowest BCUT2D eigenvalue weighted by atomic mass is 11.0. The van der Waals surface area contributed by atoms with E-state index in [2.05, 4.69) is 16.5 Å². The molecular formula is C2H6O3S6. The molecule has 0 radical (unpaired) electrons. The van der Waals surface area contributed by atoms with Gasteiger partial charge in [0.25, 0.3) is 0 Å². The highest BCUT2D eigenvalue weighted by Gasteiger charge is 1.93. The molecule has 0 saturated carbocycles. The normalized spacial score (nSPS) is 10.4. The molecule has 0 atom stereocenters. The van der Waals surface area contributed by atoms with Crippen LogP contribution in [0.2, 0.25) is 0 Å². The van der Waals surface area contributed by atoms with Crippen LogP contribution in [0.25, 0.3) is 0 Å². The van der Waals surface area contributed by atoms with E-state index in [1.165, 1.54) is 23.1 Å². The fourth-order valence-corrected chi connectivity index (χ4v) is 3.14. The topological polar surface area (TPSA) is 27.7 Å². The molecule has 0 saturated heterocycles. The Bertz CT molecular complexity index is 64.8. The molecule has 0 aliphatic carbocycles. The maximum atomic E-state index is 4.95. The minimum absolute atomic E-state index is 0.926. The molecule has 0 rings (SSSR count). The third kappa shape index (κ3) is 12.0. The molecule has 0 bridgehead atoms. The second-order valence-electron chi connectivity index (χ2n) is 0.889. The average molecular weight is 270 g/mol. The Morgan fingerprint density at radius 3 is 2.36 bits per heavy atom. The standard InChI is InChI=1S/C2H6O3S6/c1-2-7-4-9-11-5-10-8-3-6/h6H,2H2,1H3. The van der Waals surface area contributed by atoms with E-state index in [0.29, 0.717) is 0 Å². The van der Waals surface area contributed by atoms with Crippen molar-refractivity contribution < 1.29 is 10.9 Å². The van der Waals surface area contributed by atoms with Crippen LogP contribution in [-0.2, 0) is 10.9 Å². The minimum Gasteiger partial charge on any atom is -0.237 e. The van der Waals surface area contributed by atoms with E-state index in [1.54, 1.807) is 0 Å². The maximum Gasteiger partial charge on any atom is 0.110 e. The largest absolute Gasteiger partial charge is 0.237 e. The Hall–Kier alpha value is 1.98. The van der Waals surface area contributed by atoms with E-state index in [-0.39, 0.29) is 0 Å². The summed E-state index contributed by atoms with van der Waals surface area (Å²) in [5.74, 6) is 0.926. The van der Waals surface area contributed by atoms with Gasteiger partial charge in [-0.25, -0.2) is 10.9 Å². The van der Waals surface area contributed by atoms with E-state index < -0.39 is 0 Å². The van der Waals surface area contributed by atoms with E-state index in [9.17, 15) is 0 Å². The van der Waals surface area contributed by atoms with Crippen LogP contribution < -0.4 is 0 Å². The lowest BCUT2D eigenvalue weighted by molar-refractivity contribution is 0.751. The molecule has 3 nitrogen and oxygen atoms in total. The molecule has 0 heterocycles. The summed E-state index contributed by atoms with van der Waals surface area (Å²) in [5.41, 5.74) is 0. The molecule has 0 aromatic rings. The molecule has 0 N–H and O–H groups in total. The van der Waals surface area contributed by atoms with Crippen LogP contribution in [0.5, 0.6) is 0 Å². The van der Waals surface area contributed by atoms with Crippen molar-refractivity contribution in [3.63, 3.8) is 0 Å². The van der Waals surface area contributed by atoms with E-state index in [1.807, 2.05) is 6.92 Å². The zero-order valence-corrected chi connectivity index (χ0v) is 10.4. The molecule has 0 unspecified atom stereocenters. The van der Waals surface area contributed by atoms with Crippen LogP contribution >= 0.6 is 69.3 Å². The molecule has 68 valence electrons. The summed E-state index contributed by atoms with van der Waals surface area (Å²) in [6, 6.07) is 0. The van der Waals surface area contributed by atoms with Gasteiger partial charge in [-0.3, -0.25) is 0 Å². The fraction of sp³-hybridized carbons (Fsp3) is 1.00. The van der Waals surface area contributed by atoms with Crippen LogP contribution in [0.4, 0.5) is 0 Å². The zero-order chi connectivity index (χ0) is 8.36. The number of hydrogen-bond acceptors (Lipinski definition) is 9. The third-order valence-corrected chi connectivity index (χ3v) is 4.36. The molecule has 0 aliphatic heterocycles. The predicted molar refractivity (Wildman–Crippen MR) is 60.7 cm³/mol. The average Bonchev–Trinajstić information content (AvgIpc) is 2.03. The first-order valence-corrected chi connectivity index (χ1v) is 7.62. The number of thiol groups is 1. The van der Waals surface area contributed by atoms with Gasteiger partial charge in [-0.05, 0) is 12.9 Å². The molecular weight excluding hydrogens is 264 g/mol. The summed E-state index contributed by atoms with van der Waals surface area (Å²) in [5, 5.41) is 0. The molecule has 0 amide bonds. The summed E-state index contributed by atoms with van der Waals surface area (Å²) in [7, 11) is 0. The molecule has 0 aromatic heterocycles. The van der Waals surface area contributed by atoms with Crippen molar-refractivity contribution in [1.29, 1.82) is 0 Å². The summed E-state index contributed by atoms with van der Waals surface area (Å²) >= 11 is 9.28. The van der Waals surface area contributed by atoms with Crippen molar-refractivity contribution in [2.75, 3.05) is 5.75 Å². The lowest BCUT2D eigenvalue weighted by Crippen LogP contribution is -1.63. The van der Waals surface area contributed by atoms with Gasteiger partial charge in [-0.2, -0.15) is 0 Å². The molecule has 11 heavy (non-hydrogen) atoms. The van der Waals surface area contributed by atoms with E-state index >= 15 is 0 Å². The van der Waals surface area contributed by atoms with Crippen LogP contribution in [0.1, 0.15) is 6.92 Å². The second-order valence-corrected chi connectivity index (χ2v) is 5.56. The monoisotopic (exact) mass is 270 g/mol. The highest BCUT2D eigenvalue weighted by molar-refractivity contribution is 8.80. The first kappa shape index (κ1) is 13.0. The van der Waals surface area contributed by atoms with Gasteiger partial charge in [-0.15, -0.1) is 0 Å². The third-order valence-electron chi connectivity index (χ3n) is 0.335. The maximum absolute atomic E-state index is 4.95. The molecule has 0 aliphatic rings. The predicted octanol–water partition coefficient (Wildman–Crippen LogP) is 3.97. The summed E-state index contributed by atoms with van der Waals surface area (Å²) in [4.78, 5) is 0. The Morgan fingerprint density at radius 2 is 1.73 bits per heavy atom. The molecule has 0 fully saturated rings. The highest BCUT2D eigenvalue weighted by Crippen LogP contribution is 2.36. The summed E-state index contributed by atoms with van der Waals surface area (Å²) in [6.45, 7) is 2.01. The summed E-state index contributed by atoms with van der Waals surface area (Å²) in [6.07, 6.45) is 0. The van der Waals surface area contributed by atoms with Crippen molar-refractivity contribution in [2.24, 2.45) is 0 Å². The van der Waals surface area contributed by atoms with Gasteiger partial charge in [-0.1, -0.05) is 6.92 Å². The number of rotatable bonds is 8. The first-order valence-electron chi connectivity index (χ1n) is 2.35. The first-order chi connectivity index (χ1) is 5.41. The van der Waals surface area contributed by atoms with Crippen LogP contribution in [-0.4, -0.2) is 5.75 Å². The Morgan fingerprint density at radius 1 is 1.09 bits per heavy atom. The van der Waals surface area contributed by atoms with Crippen molar-refractivity contribution in [3.8, 4) is 0 Å². The van der Waals surface area contributed by atoms with Gasteiger partial charge >= 0.3 is 0 Å². The SMILES string of the molecule is CCSOSSOSSOS. The minimum atomic E-state index is 0.926. The van der Waals surface area contributed by atoms with Gasteiger partial charge in [0.2, 0.25) is 0 Å². The van der Waals surface area contributed by atoms with Gasteiger partial charge in [0.1, 0.15) is 44.3 Å². The highest BCUT2D eigenvalue weighted by atomic mass is 33.2. The van der Waals surface area contributed by atoms with Crippen molar-refractivity contribution in [1.82, 2.24) is 0 Å². The van der Waals surface area contributed by atoms with Gasteiger partial charge in [0, 0.05) is 17.8 Å². The quantitative estimate of drug-likeness (QED) is 0.306. The lowest BCUT2D eigenvalue weighted by Gasteiger charge is -1.96. The van der Waals surface area contributed by atoms with Gasteiger partial charge < -0.3 is 0 Å². The smallest absolute Gasteiger partial charge is 0.110 e. The van der Waals surface area contributed by atoms with Crippen molar-refractivity contribution in [2.45, 2.75) is 6.92 Å². The van der Waals surface area contributed by atoms with Crippen LogP contribution in [0, 0.1) is 0 Å². The van der Waals surface area contributed by atoms with Crippen LogP contribution in [0.15, 0.2) is 0 Å². The number of hydrogen-bond donors (Lipinski definition) is 1. The molecule has 0 aromatic carbocycles. The van der Waals surface area contributed by atoms with Gasteiger partial charge in [0.05, 0.1) is 0 Å². The van der Waals surface area contributed by atoms with Crippen LogP contribution in [0.3, 0.4) is 0 Å². The molecule has 9 heteroatoms. The Kier molecular flexibility index (Phi) is 14.1. The second kappa shape index (κ2) is 12.0. The fourth-order valence-electron chi connectivity index (χ4n) is 0.126. The Labute approximate surface area is 92.3 Å². The van der Waals surface area contributed by atoms with Crippen molar-refractivity contribution >= 4 is 69.3 Å². The Balaban J connectivity index is 2.69. The van der Waals surface area contributed by atoms with Gasteiger partial charge in [0.15, 0.2) is 0 Å². The summed E-state index contributed by atoms with van der Waals surface area (Å²) < 4.78 is 14.2.